The molecule has 278 valence electrons. The third kappa shape index (κ3) is 35.5. The molecule has 1 atom stereocenters. The van der Waals surface area contributed by atoms with Gasteiger partial charge in [-0.15, -0.1) is 0 Å². The van der Waals surface area contributed by atoms with Crippen LogP contribution in [0.15, 0.2) is 0 Å². The fraction of sp³-hybridized carbons (Fsp3) is 0.927. The van der Waals surface area contributed by atoms with E-state index in [1.165, 1.54) is 103 Å². The van der Waals surface area contributed by atoms with Gasteiger partial charge in [0.25, 0.3) is 0 Å². The number of esters is 3. The number of carbonyl (C=O) groups is 3. The van der Waals surface area contributed by atoms with Crippen LogP contribution in [0.25, 0.3) is 0 Å². The molecule has 47 heavy (non-hydrogen) atoms. The summed E-state index contributed by atoms with van der Waals surface area (Å²) in [5.74, 6) is 0.713. The number of rotatable bonds is 35. The lowest BCUT2D eigenvalue weighted by atomic mass is 10.0. The summed E-state index contributed by atoms with van der Waals surface area (Å²) >= 11 is 0. The molecule has 0 aromatic carbocycles. The Balaban J connectivity index is 4.33. The molecule has 0 aromatic rings. The van der Waals surface area contributed by atoms with Crippen molar-refractivity contribution >= 4 is 17.9 Å². The molecule has 0 amide bonds. The monoisotopic (exact) mass is 667 g/mol. The van der Waals surface area contributed by atoms with Gasteiger partial charge in [0.15, 0.2) is 6.10 Å². The van der Waals surface area contributed by atoms with Crippen molar-refractivity contribution in [3.63, 3.8) is 0 Å². The first-order valence-electron chi connectivity index (χ1n) is 20.2. The van der Waals surface area contributed by atoms with E-state index in [2.05, 4.69) is 34.6 Å². The largest absolute Gasteiger partial charge is 0.462 e. The molecule has 0 unspecified atom stereocenters. The van der Waals surface area contributed by atoms with Gasteiger partial charge in [-0.1, -0.05) is 176 Å². The first kappa shape index (κ1) is 45.4. The van der Waals surface area contributed by atoms with E-state index in [-0.39, 0.29) is 31.1 Å². The van der Waals surface area contributed by atoms with Crippen molar-refractivity contribution in [3.05, 3.63) is 0 Å². The SMILES string of the molecule is CCCCCCCCCC(=O)OC[C@@H](COC(=O)CCCCCCCCCC(C)C)OC(=O)CCCCCCCCCCCC(C)C. The Hall–Kier alpha value is -1.59. The van der Waals surface area contributed by atoms with Gasteiger partial charge in [0.2, 0.25) is 0 Å². The van der Waals surface area contributed by atoms with E-state index in [9.17, 15) is 14.4 Å². The van der Waals surface area contributed by atoms with E-state index in [0.29, 0.717) is 19.3 Å². The molecule has 0 aliphatic heterocycles. The molecule has 0 radical (unpaired) electrons. The lowest BCUT2D eigenvalue weighted by molar-refractivity contribution is -0.167. The van der Waals surface area contributed by atoms with Crippen molar-refractivity contribution in [1.82, 2.24) is 0 Å². The van der Waals surface area contributed by atoms with Crippen molar-refractivity contribution in [2.24, 2.45) is 11.8 Å². The maximum Gasteiger partial charge on any atom is 0.306 e. The van der Waals surface area contributed by atoms with Crippen molar-refractivity contribution in [2.75, 3.05) is 13.2 Å². The van der Waals surface area contributed by atoms with Crippen LogP contribution in [0.4, 0.5) is 0 Å². The molecule has 0 heterocycles. The van der Waals surface area contributed by atoms with Crippen LogP contribution in [0.1, 0.15) is 214 Å². The quantitative estimate of drug-likeness (QED) is 0.0380. The van der Waals surface area contributed by atoms with E-state index in [1.807, 2.05) is 0 Å². The number of carbonyl (C=O) groups excluding carboxylic acids is 3. The Bertz CT molecular complexity index is 719. The lowest BCUT2D eigenvalue weighted by Crippen LogP contribution is -2.30. The fourth-order valence-electron chi connectivity index (χ4n) is 5.87. The predicted octanol–water partition coefficient (Wildman–Crippen LogP) is 12.2. The minimum Gasteiger partial charge on any atom is -0.462 e. The van der Waals surface area contributed by atoms with E-state index in [0.717, 1.165) is 69.6 Å². The molecule has 0 aromatic heterocycles. The molecule has 6 heteroatoms. The summed E-state index contributed by atoms with van der Waals surface area (Å²) in [7, 11) is 0. The van der Waals surface area contributed by atoms with E-state index in [1.54, 1.807) is 0 Å². The zero-order valence-electron chi connectivity index (χ0n) is 31.9. The molecular formula is C41H78O6. The topological polar surface area (TPSA) is 78.9 Å². The van der Waals surface area contributed by atoms with Crippen LogP contribution in [-0.4, -0.2) is 37.2 Å². The van der Waals surface area contributed by atoms with Gasteiger partial charge in [-0.3, -0.25) is 14.4 Å². The van der Waals surface area contributed by atoms with Crippen LogP contribution in [0.3, 0.4) is 0 Å². The van der Waals surface area contributed by atoms with Gasteiger partial charge in [-0.25, -0.2) is 0 Å². The van der Waals surface area contributed by atoms with Gasteiger partial charge >= 0.3 is 17.9 Å². The Morgan fingerprint density at radius 3 is 1.04 bits per heavy atom. The third-order valence-corrected chi connectivity index (χ3v) is 8.97. The van der Waals surface area contributed by atoms with Gasteiger partial charge < -0.3 is 14.2 Å². The summed E-state index contributed by atoms with van der Waals surface area (Å²) < 4.78 is 16.6. The highest BCUT2D eigenvalue weighted by Crippen LogP contribution is 2.15. The zero-order chi connectivity index (χ0) is 34.8. The first-order valence-corrected chi connectivity index (χ1v) is 20.2. The highest BCUT2D eigenvalue weighted by Gasteiger charge is 2.19. The van der Waals surface area contributed by atoms with Crippen molar-refractivity contribution < 1.29 is 28.6 Å². The van der Waals surface area contributed by atoms with Gasteiger partial charge in [-0.05, 0) is 31.1 Å². The van der Waals surface area contributed by atoms with E-state index in [4.69, 9.17) is 14.2 Å². The van der Waals surface area contributed by atoms with Crippen LogP contribution >= 0.6 is 0 Å². The molecule has 0 saturated heterocycles. The Morgan fingerprint density at radius 1 is 0.404 bits per heavy atom. The molecular weight excluding hydrogens is 588 g/mol. The molecule has 0 N–H and O–H groups in total. The van der Waals surface area contributed by atoms with E-state index >= 15 is 0 Å². The van der Waals surface area contributed by atoms with Gasteiger partial charge in [0, 0.05) is 19.3 Å². The summed E-state index contributed by atoms with van der Waals surface area (Å²) in [5, 5.41) is 0. The third-order valence-electron chi connectivity index (χ3n) is 8.97. The highest BCUT2D eigenvalue weighted by atomic mass is 16.6. The van der Waals surface area contributed by atoms with Crippen LogP contribution in [0.2, 0.25) is 0 Å². The van der Waals surface area contributed by atoms with Gasteiger partial charge in [0.05, 0.1) is 0 Å². The second-order valence-electron chi connectivity index (χ2n) is 14.9. The summed E-state index contributed by atoms with van der Waals surface area (Å²) in [6, 6.07) is 0. The minimum atomic E-state index is -0.758. The van der Waals surface area contributed by atoms with Crippen molar-refractivity contribution in [2.45, 2.75) is 221 Å². The van der Waals surface area contributed by atoms with Crippen LogP contribution in [0, 0.1) is 11.8 Å². The minimum absolute atomic E-state index is 0.0671. The lowest BCUT2D eigenvalue weighted by Gasteiger charge is -2.18. The highest BCUT2D eigenvalue weighted by molar-refractivity contribution is 5.71. The Morgan fingerprint density at radius 2 is 0.702 bits per heavy atom. The second kappa shape index (κ2) is 34.3. The average Bonchev–Trinajstić information content (AvgIpc) is 3.03. The number of ether oxygens (including phenoxy) is 3. The summed E-state index contributed by atoms with van der Waals surface area (Å²) in [4.78, 5) is 37.4. The first-order chi connectivity index (χ1) is 22.7. The molecule has 0 spiro atoms. The van der Waals surface area contributed by atoms with Gasteiger partial charge in [0.1, 0.15) is 13.2 Å². The van der Waals surface area contributed by atoms with Crippen LogP contribution in [-0.2, 0) is 28.6 Å². The van der Waals surface area contributed by atoms with Crippen LogP contribution in [0.5, 0.6) is 0 Å². The summed E-state index contributed by atoms with van der Waals surface area (Å²) in [6.07, 6.45) is 29.6. The predicted molar refractivity (Wildman–Crippen MR) is 196 cm³/mol. The van der Waals surface area contributed by atoms with Crippen molar-refractivity contribution in [3.8, 4) is 0 Å². The number of hydrogen-bond acceptors (Lipinski definition) is 6. The smallest absolute Gasteiger partial charge is 0.306 e. The fourth-order valence-corrected chi connectivity index (χ4v) is 5.87. The average molecular weight is 667 g/mol. The van der Waals surface area contributed by atoms with Crippen molar-refractivity contribution in [1.29, 1.82) is 0 Å². The molecule has 0 rings (SSSR count). The summed E-state index contributed by atoms with van der Waals surface area (Å²) in [6.45, 7) is 11.2. The normalized spacial score (nSPS) is 12.1. The zero-order valence-corrected chi connectivity index (χ0v) is 31.9. The Kier molecular flexibility index (Phi) is 33.1. The molecule has 0 aliphatic rings. The van der Waals surface area contributed by atoms with Gasteiger partial charge in [-0.2, -0.15) is 0 Å². The summed E-state index contributed by atoms with van der Waals surface area (Å²) in [5.41, 5.74) is 0. The van der Waals surface area contributed by atoms with Crippen LogP contribution < -0.4 is 0 Å². The standard InChI is InChI=1S/C41H78O6/c1-6-7-8-9-14-21-26-31-39(42)45-34-38(35-46-40(43)32-27-22-18-13-16-20-25-30-37(4)5)47-41(44)33-28-23-17-12-10-11-15-19-24-29-36(2)3/h36-38H,6-35H2,1-5H3/t38-/m0/s1. The maximum absolute atomic E-state index is 12.6. The maximum atomic E-state index is 12.6. The van der Waals surface area contributed by atoms with E-state index < -0.39 is 6.10 Å². The number of unbranched alkanes of at least 4 members (excludes halogenated alkanes) is 20. The Labute approximate surface area is 291 Å². The molecule has 0 aliphatic carbocycles. The number of hydrogen-bond donors (Lipinski definition) is 0. The molecule has 0 saturated carbocycles. The second-order valence-corrected chi connectivity index (χ2v) is 14.9. The molecule has 0 bridgehead atoms. The molecule has 0 fully saturated rings. The molecule has 6 nitrogen and oxygen atoms in total.